The lowest BCUT2D eigenvalue weighted by molar-refractivity contribution is 0.247. The highest BCUT2D eigenvalue weighted by Gasteiger charge is 2.11. The first-order valence-corrected chi connectivity index (χ1v) is 4.85. The van der Waals surface area contributed by atoms with Gasteiger partial charge in [0.2, 0.25) is 5.89 Å². The topological polar surface area (TPSA) is 46.3 Å². The average molecular weight is 203 g/mol. The van der Waals surface area contributed by atoms with Crippen LogP contribution in [0.1, 0.15) is 17.0 Å². The number of hydrogen-bond acceptors (Lipinski definition) is 3. The molecule has 1 aromatic heterocycles. The maximum absolute atomic E-state index is 9.01. The summed E-state index contributed by atoms with van der Waals surface area (Å²) in [4.78, 5) is 4.29. The number of benzene rings is 1. The Morgan fingerprint density at radius 3 is 2.60 bits per heavy atom. The van der Waals surface area contributed by atoms with Crippen molar-refractivity contribution in [3.63, 3.8) is 0 Å². The Kier molecular flexibility index (Phi) is 2.56. The number of aryl methyl sites for hydroxylation is 2. The molecule has 0 aliphatic carbocycles. The molecule has 0 amide bonds. The molecular weight excluding hydrogens is 190 g/mol. The minimum Gasteiger partial charge on any atom is -0.438 e. The maximum atomic E-state index is 9.01. The second kappa shape index (κ2) is 3.87. The van der Waals surface area contributed by atoms with Gasteiger partial charge in [-0.2, -0.15) is 0 Å². The summed E-state index contributed by atoms with van der Waals surface area (Å²) in [6, 6.07) is 7.89. The van der Waals surface area contributed by atoms with Crippen LogP contribution in [0.3, 0.4) is 0 Å². The number of hydrogen-bond donors (Lipinski definition) is 1. The van der Waals surface area contributed by atoms with Crippen molar-refractivity contribution in [1.82, 2.24) is 4.98 Å². The number of rotatable bonds is 2. The van der Waals surface area contributed by atoms with E-state index in [0.29, 0.717) is 11.7 Å². The Bertz CT molecular complexity index is 474. The molecule has 0 bridgehead atoms. The first kappa shape index (κ1) is 9.93. The summed E-state index contributed by atoms with van der Waals surface area (Å²) in [5.41, 5.74) is 2.83. The third-order valence-corrected chi connectivity index (χ3v) is 2.41. The molecule has 0 aliphatic heterocycles. The number of nitrogens with zero attached hydrogens (tertiary/aromatic N) is 1. The van der Waals surface area contributed by atoms with Gasteiger partial charge in [0, 0.05) is 5.56 Å². The molecule has 0 fully saturated rings. The number of aromatic nitrogens is 1. The Morgan fingerprint density at radius 1 is 1.27 bits per heavy atom. The molecule has 0 saturated heterocycles. The molecule has 0 saturated carbocycles. The summed E-state index contributed by atoms with van der Waals surface area (Å²) in [5, 5.41) is 9.01. The van der Waals surface area contributed by atoms with Crippen molar-refractivity contribution in [2.75, 3.05) is 0 Å². The highest BCUT2D eigenvalue weighted by molar-refractivity contribution is 5.58. The SMILES string of the molecule is Cc1ccccc1-c1nc(C)c(CO)o1. The van der Waals surface area contributed by atoms with E-state index in [1.165, 1.54) is 0 Å². The fourth-order valence-electron chi connectivity index (χ4n) is 1.50. The van der Waals surface area contributed by atoms with Gasteiger partial charge in [0.05, 0.1) is 5.69 Å². The largest absolute Gasteiger partial charge is 0.438 e. The van der Waals surface area contributed by atoms with Crippen LogP contribution in [-0.4, -0.2) is 10.1 Å². The summed E-state index contributed by atoms with van der Waals surface area (Å²) in [5.74, 6) is 1.11. The molecule has 1 heterocycles. The van der Waals surface area contributed by atoms with Gasteiger partial charge in [-0.15, -0.1) is 0 Å². The molecule has 0 radical (unpaired) electrons. The minimum atomic E-state index is -0.106. The Balaban J connectivity index is 2.50. The average Bonchev–Trinajstić information content (AvgIpc) is 2.60. The van der Waals surface area contributed by atoms with E-state index >= 15 is 0 Å². The van der Waals surface area contributed by atoms with Crippen molar-refractivity contribution < 1.29 is 9.52 Å². The summed E-state index contributed by atoms with van der Waals surface area (Å²) in [7, 11) is 0. The van der Waals surface area contributed by atoms with Crippen LogP contribution in [0.15, 0.2) is 28.7 Å². The van der Waals surface area contributed by atoms with Crippen LogP contribution in [0, 0.1) is 13.8 Å². The van der Waals surface area contributed by atoms with E-state index < -0.39 is 0 Å². The van der Waals surface area contributed by atoms with Crippen molar-refractivity contribution in [1.29, 1.82) is 0 Å². The van der Waals surface area contributed by atoms with E-state index in [0.717, 1.165) is 16.8 Å². The van der Waals surface area contributed by atoms with Crippen molar-refractivity contribution in [2.24, 2.45) is 0 Å². The molecule has 15 heavy (non-hydrogen) atoms. The van der Waals surface area contributed by atoms with Crippen LogP contribution in [0.5, 0.6) is 0 Å². The third kappa shape index (κ3) is 1.78. The van der Waals surface area contributed by atoms with Crippen molar-refractivity contribution >= 4 is 0 Å². The molecule has 1 N–H and O–H groups in total. The molecular formula is C12H13NO2. The van der Waals surface area contributed by atoms with Gasteiger partial charge in [-0.3, -0.25) is 0 Å². The molecule has 2 aromatic rings. The number of aliphatic hydroxyl groups is 1. The van der Waals surface area contributed by atoms with Crippen molar-refractivity contribution in [2.45, 2.75) is 20.5 Å². The van der Waals surface area contributed by atoms with Crippen LogP contribution >= 0.6 is 0 Å². The zero-order chi connectivity index (χ0) is 10.8. The van der Waals surface area contributed by atoms with Crippen molar-refractivity contribution in [3.05, 3.63) is 41.3 Å². The molecule has 3 nitrogen and oxygen atoms in total. The standard InChI is InChI=1S/C12H13NO2/c1-8-5-3-4-6-10(8)12-13-9(2)11(7-14)15-12/h3-6,14H,7H2,1-2H3. The van der Waals surface area contributed by atoms with Gasteiger partial charge in [0.1, 0.15) is 6.61 Å². The smallest absolute Gasteiger partial charge is 0.226 e. The lowest BCUT2D eigenvalue weighted by atomic mass is 10.1. The number of oxazole rings is 1. The maximum Gasteiger partial charge on any atom is 0.226 e. The fraction of sp³-hybridized carbons (Fsp3) is 0.250. The van der Waals surface area contributed by atoms with E-state index in [4.69, 9.17) is 9.52 Å². The lowest BCUT2D eigenvalue weighted by Crippen LogP contribution is -1.82. The Labute approximate surface area is 88.4 Å². The predicted octanol–water partition coefficient (Wildman–Crippen LogP) is 2.45. The highest BCUT2D eigenvalue weighted by atomic mass is 16.4. The lowest BCUT2D eigenvalue weighted by Gasteiger charge is -1.99. The third-order valence-electron chi connectivity index (χ3n) is 2.41. The van der Waals surface area contributed by atoms with Gasteiger partial charge in [0.25, 0.3) is 0 Å². The summed E-state index contributed by atoms with van der Waals surface area (Å²) in [6.07, 6.45) is 0. The summed E-state index contributed by atoms with van der Waals surface area (Å²) >= 11 is 0. The van der Waals surface area contributed by atoms with Crippen LogP contribution in [0.2, 0.25) is 0 Å². The van der Waals surface area contributed by atoms with Gasteiger partial charge in [-0.05, 0) is 25.5 Å². The second-order valence-corrected chi connectivity index (χ2v) is 3.50. The fourth-order valence-corrected chi connectivity index (χ4v) is 1.50. The van der Waals surface area contributed by atoms with Crippen LogP contribution < -0.4 is 0 Å². The van der Waals surface area contributed by atoms with Crippen molar-refractivity contribution in [3.8, 4) is 11.5 Å². The van der Waals surface area contributed by atoms with Gasteiger partial charge >= 0.3 is 0 Å². The van der Waals surface area contributed by atoms with E-state index in [2.05, 4.69) is 4.98 Å². The normalized spacial score (nSPS) is 10.6. The molecule has 0 aliphatic rings. The van der Waals surface area contributed by atoms with E-state index in [1.54, 1.807) is 0 Å². The van der Waals surface area contributed by atoms with Gasteiger partial charge in [-0.1, -0.05) is 18.2 Å². The molecule has 1 aromatic carbocycles. The predicted molar refractivity (Wildman–Crippen MR) is 57.3 cm³/mol. The molecule has 3 heteroatoms. The quantitative estimate of drug-likeness (QED) is 0.815. The monoisotopic (exact) mass is 203 g/mol. The molecule has 0 unspecified atom stereocenters. The van der Waals surface area contributed by atoms with E-state index in [9.17, 15) is 0 Å². The Hall–Kier alpha value is -1.61. The zero-order valence-electron chi connectivity index (χ0n) is 8.82. The van der Waals surface area contributed by atoms with Gasteiger partial charge < -0.3 is 9.52 Å². The first-order chi connectivity index (χ1) is 7.22. The highest BCUT2D eigenvalue weighted by Crippen LogP contribution is 2.24. The molecule has 2 rings (SSSR count). The number of aliphatic hydroxyl groups excluding tert-OH is 1. The minimum absolute atomic E-state index is 0.106. The zero-order valence-corrected chi connectivity index (χ0v) is 8.82. The molecule has 0 spiro atoms. The van der Waals surface area contributed by atoms with E-state index in [1.807, 2.05) is 38.1 Å². The summed E-state index contributed by atoms with van der Waals surface area (Å²) < 4.78 is 5.47. The van der Waals surface area contributed by atoms with Gasteiger partial charge in [0.15, 0.2) is 5.76 Å². The van der Waals surface area contributed by atoms with Crippen LogP contribution in [0.25, 0.3) is 11.5 Å². The second-order valence-electron chi connectivity index (χ2n) is 3.50. The van der Waals surface area contributed by atoms with E-state index in [-0.39, 0.29) is 6.61 Å². The van der Waals surface area contributed by atoms with Crippen LogP contribution in [-0.2, 0) is 6.61 Å². The summed E-state index contributed by atoms with van der Waals surface area (Å²) in [6.45, 7) is 3.73. The molecule has 78 valence electrons. The molecule has 0 atom stereocenters. The first-order valence-electron chi connectivity index (χ1n) is 4.85. The van der Waals surface area contributed by atoms with Crippen LogP contribution in [0.4, 0.5) is 0 Å². The Morgan fingerprint density at radius 2 is 2.00 bits per heavy atom. The van der Waals surface area contributed by atoms with Gasteiger partial charge in [-0.25, -0.2) is 4.98 Å².